The number of benzene rings is 4. The minimum Gasteiger partial charge on any atom is -0.497 e. The second-order valence-electron chi connectivity index (χ2n) is 17.5. The Hall–Kier alpha value is -6.21. The van der Waals surface area contributed by atoms with Gasteiger partial charge in [0, 0.05) is 90.7 Å². The highest BCUT2D eigenvalue weighted by Gasteiger charge is 2.13. The molecule has 0 fully saturated rings. The van der Waals surface area contributed by atoms with Crippen LogP contribution in [0.25, 0.3) is 32.7 Å². The van der Waals surface area contributed by atoms with Crippen LogP contribution in [0.2, 0.25) is 0 Å². The Labute approximate surface area is 391 Å². The molecule has 0 amide bonds. The van der Waals surface area contributed by atoms with Gasteiger partial charge in [-0.25, -0.2) is 0 Å². The number of methoxy groups -OCH3 is 3. The minimum absolute atomic E-state index is 0.284. The topological polar surface area (TPSA) is 139 Å². The van der Waals surface area contributed by atoms with Gasteiger partial charge in [-0.15, -0.1) is 0 Å². The third-order valence-electron chi connectivity index (χ3n) is 12.0. The summed E-state index contributed by atoms with van der Waals surface area (Å²) < 4.78 is 16.7. The first-order valence-electron chi connectivity index (χ1n) is 23.6. The molecule has 348 valence electrons. The molecule has 3 unspecified atom stereocenters. The molecule has 0 aliphatic rings. The van der Waals surface area contributed by atoms with Gasteiger partial charge in [0.25, 0.3) is 0 Å². The summed E-state index contributed by atoms with van der Waals surface area (Å²) in [6.07, 6.45) is 11.8. The molecule has 4 aromatic carbocycles. The third kappa shape index (κ3) is 13.7. The van der Waals surface area contributed by atoms with E-state index in [1.807, 2.05) is 73.2 Å². The Balaban J connectivity index is 0.895. The van der Waals surface area contributed by atoms with Gasteiger partial charge in [0.15, 0.2) is 0 Å². The molecule has 0 aliphatic heterocycles. The molecule has 0 aliphatic carbocycles. The second kappa shape index (κ2) is 24.4. The van der Waals surface area contributed by atoms with Crippen molar-refractivity contribution in [2.24, 2.45) is 0 Å². The van der Waals surface area contributed by atoms with Gasteiger partial charge in [-0.2, -0.15) is 0 Å². The van der Waals surface area contributed by atoms with Crippen LogP contribution in [0.15, 0.2) is 110 Å². The van der Waals surface area contributed by atoms with E-state index in [-0.39, 0.29) is 18.1 Å². The molecular formula is C54H69N9O3. The lowest BCUT2D eigenvalue weighted by molar-refractivity contribution is 0.415. The van der Waals surface area contributed by atoms with Crippen molar-refractivity contribution in [1.82, 2.24) is 30.9 Å². The van der Waals surface area contributed by atoms with E-state index in [4.69, 9.17) is 14.2 Å². The van der Waals surface area contributed by atoms with Gasteiger partial charge in [-0.1, -0.05) is 36.4 Å². The number of fused-ring (bicyclic) bond motifs is 3. The van der Waals surface area contributed by atoms with Crippen molar-refractivity contribution in [1.29, 1.82) is 0 Å². The molecule has 3 atom stereocenters. The third-order valence-corrected chi connectivity index (χ3v) is 12.0. The Bertz CT molecular complexity index is 2330. The first kappa shape index (κ1) is 47.7. The van der Waals surface area contributed by atoms with Crippen molar-refractivity contribution in [3.63, 3.8) is 0 Å². The van der Waals surface area contributed by atoms with E-state index in [9.17, 15) is 0 Å². The molecule has 0 bridgehead atoms. The molecular weight excluding hydrogens is 823 g/mol. The van der Waals surface area contributed by atoms with E-state index in [2.05, 4.69) is 104 Å². The molecule has 0 saturated carbocycles. The SMILES string of the molecule is COc1cc(NC(C)CCCNCc2cc(CNCCCC(C)Nc3cc(OC)cc4cccnc34)cc(CNCCCC(C)Nc3cc(OC)cc4cccnc34)c2)c2ncccc2c1. The van der Waals surface area contributed by atoms with Crippen molar-refractivity contribution >= 4 is 49.8 Å². The number of anilines is 3. The van der Waals surface area contributed by atoms with Crippen molar-refractivity contribution in [2.75, 3.05) is 56.9 Å². The van der Waals surface area contributed by atoms with Crippen molar-refractivity contribution < 1.29 is 14.2 Å². The zero-order chi connectivity index (χ0) is 46.1. The van der Waals surface area contributed by atoms with E-state index in [1.165, 1.54) is 16.7 Å². The number of ether oxygens (including phenoxy) is 3. The maximum absolute atomic E-state index is 5.57. The molecule has 0 saturated heterocycles. The van der Waals surface area contributed by atoms with Crippen molar-refractivity contribution in [3.05, 3.63) is 126 Å². The molecule has 6 N–H and O–H groups in total. The molecule has 3 heterocycles. The van der Waals surface area contributed by atoms with Gasteiger partial charge in [-0.05, 0) is 132 Å². The van der Waals surface area contributed by atoms with Gasteiger partial charge in [0.2, 0.25) is 0 Å². The van der Waals surface area contributed by atoms with Gasteiger partial charge < -0.3 is 46.1 Å². The summed E-state index contributed by atoms with van der Waals surface area (Å²) in [5.74, 6) is 2.49. The number of hydrogen-bond acceptors (Lipinski definition) is 12. The van der Waals surface area contributed by atoms with Gasteiger partial charge in [-0.3, -0.25) is 15.0 Å². The van der Waals surface area contributed by atoms with E-state index in [0.29, 0.717) is 0 Å². The van der Waals surface area contributed by atoms with Crippen LogP contribution in [0, 0.1) is 0 Å². The van der Waals surface area contributed by atoms with Crippen LogP contribution in [-0.4, -0.2) is 74.0 Å². The predicted octanol–water partition coefficient (Wildman–Crippen LogP) is 10.5. The fraction of sp³-hybridized carbons (Fsp3) is 0.389. The zero-order valence-corrected chi connectivity index (χ0v) is 39.7. The standard InChI is InChI=1S/C54H69N9O3/c1-37(61-49-31-46(64-4)28-43-16-10-22-58-52(43)49)13-7-19-55-34-40-25-41(35-56-20-8-14-38(2)62-50-32-47(65-5)29-44-17-11-23-59-53(44)50)27-42(26-40)36-57-21-9-15-39(3)63-51-33-48(66-6)30-45-18-12-24-60-54(45)51/h10-12,16-18,22-33,37-39,55-57,61-63H,7-9,13-15,19-21,34-36H2,1-6H3. The summed E-state index contributed by atoms with van der Waals surface area (Å²) in [7, 11) is 5.12. The van der Waals surface area contributed by atoms with Crippen LogP contribution in [0.3, 0.4) is 0 Å². The van der Waals surface area contributed by atoms with Crippen molar-refractivity contribution in [3.8, 4) is 17.2 Å². The Morgan fingerprint density at radius 3 is 1.02 bits per heavy atom. The first-order chi connectivity index (χ1) is 32.3. The number of nitrogens with zero attached hydrogens (tertiary/aromatic N) is 3. The summed E-state index contributed by atoms with van der Waals surface area (Å²) in [6.45, 7) is 12.0. The summed E-state index contributed by atoms with van der Waals surface area (Å²) in [5, 5.41) is 25.5. The van der Waals surface area contributed by atoms with Crippen LogP contribution < -0.4 is 46.1 Å². The fourth-order valence-corrected chi connectivity index (χ4v) is 8.63. The highest BCUT2D eigenvalue weighted by molar-refractivity contribution is 5.93. The van der Waals surface area contributed by atoms with Gasteiger partial charge in [0.05, 0.1) is 54.9 Å². The lowest BCUT2D eigenvalue weighted by Crippen LogP contribution is -2.22. The molecule has 66 heavy (non-hydrogen) atoms. The van der Waals surface area contributed by atoms with E-state index in [0.717, 1.165) is 145 Å². The minimum atomic E-state index is 0.284. The lowest BCUT2D eigenvalue weighted by Gasteiger charge is -2.18. The maximum atomic E-state index is 5.57. The number of pyridine rings is 3. The quantitative estimate of drug-likeness (QED) is 0.0274. The van der Waals surface area contributed by atoms with Crippen molar-refractivity contribution in [2.45, 2.75) is 97.1 Å². The average Bonchev–Trinajstić information content (AvgIpc) is 3.33. The van der Waals surface area contributed by atoms with Crippen LogP contribution in [-0.2, 0) is 19.6 Å². The predicted molar refractivity (Wildman–Crippen MR) is 273 cm³/mol. The smallest absolute Gasteiger partial charge is 0.121 e. The average molecular weight is 892 g/mol. The van der Waals surface area contributed by atoms with Crippen LogP contribution in [0.4, 0.5) is 17.1 Å². The largest absolute Gasteiger partial charge is 0.497 e. The van der Waals surface area contributed by atoms with E-state index >= 15 is 0 Å². The second-order valence-corrected chi connectivity index (χ2v) is 17.5. The highest BCUT2D eigenvalue weighted by atomic mass is 16.5. The summed E-state index contributed by atoms with van der Waals surface area (Å²) >= 11 is 0. The monoisotopic (exact) mass is 892 g/mol. The highest BCUT2D eigenvalue weighted by Crippen LogP contribution is 2.31. The van der Waals surface area contributed by atoms with Crippen LogP contribution in [0.5, 0.6) is 17.2 Å². The van der Waals surface area contributed by atoms with E-state index in [1.54, 1.807) is 21.3 Å². The Morgan fingerprint density at radius 2 is 0.727 bits per heavy atom. The number of rotatable bonds is 27. The number of hydrogen-bond donors (Lipinski definition) is 6. The number of aromatic nitrogens is 3. The van der Waals surface area contributed by atoms with Crippen LogP contribution >= 0.6 is 0 Å². The first-order valence-corrected chi connectivity index (χ1v) is 23.6. The van der Waals surface area contributed by atoms with Crippen LogP contribution in [0.1, 0.15) is 76.0 Å². The van der Waals surface area contributed by atoms with E-state index < -0.39 is 0 Å². The summed E-state index contributed by atoms with van der Waals surface area (Å²) in [4.78, 5) is 13.9. The fourth-order valence-electron chi connectivity index (χ4n) is 8.63. The lowest BCUT2D eigenvalue weighted by atomic mass is 10.0. The molecule has 12 nitrogen and oxygen atoms in total. The molecule has 7 aromatic rings. The number of nitrogens with one attached hydrogen (secondary N) is 6. The normalized spacial score (nSPS) is 12.8. The van der Waals surface area contributed by atoms with Gasteiger partial charge >= 0.3 is 0 Å². The maximum Gasteiger partial charge on any atom is 0.121 e. The van der Waals surface area contributed by atoms with Gasteiger partial charge in [0.1, 0.15) is 17.2 Å². The Morgan fingerprint density at radius 1 is 0.424 bits per heavy atom. The molecule has 12 heteroatoms. The zero-order valence-electron chi connectivity index (χ0n) is 39.7. The summed E-state index contributed by atoms with van der Waals surface area (Å²) in [6, 6.07) is 32.2. The summed E-state index contributed by atoms with van der Waals surface area (Å²) in [5.41, 5.74) is 9.84. The molecule has 7 rings (SSSR count). The molecule has 3 aromatic heterocycles. The molecule has 0 radical (unpaired) electrons. The molecule has 0 spiro atoms. The Kier molecular flexibility index (Phi) is 17.6.